The van der Waals surface area contributed by atoms with Crippen LogP contribution in [0.1, 0.15) is 18.3 Å². The molecule has 1 aromatic carbocycles. The highest BCUT2D eigenvalue weighted by atomic mass is 19.1. The van der Waals surface area contributed by atoms with Crippen molar-refractivity contribution in [2.45, 2.75) is 12.5 Å². The van der Waals surface area contributed by atoms with E-state index in [0.29, 0.717) is 17.9 Å². The van der Waals surface area contributed by atoms with Crippen molar-refractivity contribution in [2.75, 3.05) is 37.6 Å². The molecule has 118 valence electrons. The summed E-state index contributed by atoms with van der Waals surface area (Å²) in [5.41, 5.74) is 0.678. The predicted molar refractivity (Wildman–Crippen MR) is 83.3 cm³/mol. The summed E-state index contributed by atoms with van der Waals surface area (Å²) in [6.07, 6.45) is 1.67. The monoisotopic (exact) mass is 304 g/mol. The summed E-state index contributed by atoms with van der Waals surface area (Å²) in [6, 6.07) is 10.5. The van der Waals surface area contributed by atoms with Crippen molar-refractivity contribution in [3.05, 3.63) is 54.2 Å². The third-order valence-corrected chi connectivity index (χ3v) is 4.16. The smallest absolute Gasteiger partial charge is 0.146 e. The fourth-order valence-electron chi connectivity index (χ4n) is 2.85. The van der Waals surface area contributed by atoms with E-state index in [4.69, 9.17) is 4.42 Å². The number of para-hydroxylation sites is 1. The first-order chi connectivity index (χ1) is 10.7. The molecule has 1 saturated heterocycles. The fourth-order valence-corrected chi connectivity index (χ4v) is 2.85. The Bertz CT molecular complexity index is 580. The van der Waals surface area contributed by atoms with E-state index < -0.39 is 6.10 Å². The first kappa shape index (κ1) is 15.1. The van der Waals surface area contributed by atoms with Crippen molar-refractivity contribution < 1.29 is 13.9 Å². The summed E-state index contributed by atoms with van der Waals surface area (Å²) >= 11 is 0. The molecule has 2 heterocycles. The first-order valence-electron chi connectivity index (χ1n) is 7.67. The van der Waals surface area contributed by atoms with Crippen molar-refractivity contribution in [3.8, 4) is 0 Å². The number of hydrogen-bond donors (Lipinski definition) is 1. The average molecular weight is 304 g/mol. The Hall–Kier alpha value is -1.85. The van der Waals surface area contributed by atoms with Crippen LogP contribution in [0.4, 0.5) is 10.1 Å². The van der Waals surface area contributed by atoms with E-state index in [1.807, 2.05) is 12.1 Å². The fraction of sp³-hybridized carbons (Fsp3) is 0.412. The van der Waals surface area contributed by atoms with Crippen LogP contribution < -0.4 is 4.90 Å². The summed E-state index contributed by atoms with van der Waals surface area (Å²) in [4.78, 5) is 4.37. The third-order valence-electron chi connectivity index (χ3n) is 4.16. The molecule has 5 heteroatoms. The second kappa shape index (κ2) is 6.94. The second-order valence-electron chi connectivity index (χ2n) is 5.60. The maximum atomic E-state index is 13.8. The highest BCUT2D eigenvalue weighted by molar-refractivity contribution is 5.47. The SMILES string of the molecule is OC(CCN1CCN(c2ccccc2F)CC1)c1ccco1. The van der Waals surface area contributed by atoms with Gasteiger partial charge in [0.15, 0.2) is 0 Å². The van der Waals surface area contributed by atoms with Crippen LogP contribution >= 0.6 is 0 Å². The van der Waals surface area contributed by atoms with Gasteiger partial charge in [-0.05, 0) is 30.7 Å². The topological polar surface area (TPSA) is 39.9 Å². The van der Waals surface area contributed by atoms with Crippen LogP contribution in [-0.4, -0.2) is 42.7 Å². The molecule has 1 aliphatic rings. The summed E-state index contributed by atoms with van der Waals surface area (Å²) in [5.74, 6) is 0.453. The van der Waals surface area contributed by atoms with Gasteiger partial charge in [0.05, 0.1) is 12.0 Å². The third kappa shape index (κ3) is 3.48. The van der Waals surface area contributed by atoms with E-state index in [1.54, 1.807) is 24.5 Å². The van der Waals surface area contributed by atoms with Gasteiger partial charge in [-0.3, -0.25) is 4.90 Å². The number of aliphatic hydroxyl groups is 1. The molecule has 1 aromatic heterocycles. The quantitative estimate of drug-likeness (QED) is 0.922. The maximum Gasteiger partial charge on any atom is 0.146 e. The second-order valence-corrected chi connectivity index (χ2v) is 5.60. The molecule has 3 rings (SSSR count). The van der Waals surface area contributed by atoms with Crippen molar-refractivity contribution in [1.82, 2.24) is 4.90 Å². The minimum absolute atomic E-state index is 0.163. The molecule has 4 nitrogen and oxygen atoms in total. The largest absolute Gasteiger partial charge is 0.467 e. The molecule has 1 atom stereocenters. The average Bonchev–Trinajstić information content (AvgIpc) is 3.08. The number of nitrogens with zero attached hydrogens (tertiary/aromatic N) is 2. The molecule has 0 bridgehead atoms. The molecular weight excluding hydrogens is 283 g/mol. The Morgan fingerprint density at radius 3 is 2.55 bits per heavy atom. The number of hydrogen-bond acceptors (Lipinski definition) is 4. The molecule has 1 fully saturated rings. The number of benzene rings is 1. The van der Waals surface area contributed by atoms with Crippen LogP contribution in [0.3, 0.4) is 0 Å². The molecule has 0 spiro atoms. The molecule has 1 N–H and O–H groups in total. The van der Waals surface area contributed by atoms with E-state index >= 15 is 0 Å². The summed E-state index contributed by atoms with van der Waals surface area (Å²) in [7, 11) is 0. The molecule has 0 radical (unpaired) electrons. The van der Waals surface area contributed by atoms with Gasteiger partial charge in [-0.15, -0.1) is 0 Å². The minimum Gasteiger partial charge on any atom is -0.467 e. The van der Waals surface area contributed by atoms with Crippen LogP contribution in [0, 0.1) is 5.82 Å². The molecular formula is C17H21FN2O2. The molecule has 22 heavy (non-hydrogen) atoms. The maximum absolute atomic E-state index is 13.8. The van der Waals surface area contributed by atoms with E-state index in [0.717, 1.165) is 32.7 Å². The lowest BCUT2D eigenvalue weighted by molar-refractivity contribution is 0.118. The Kier molecular flexibility index (Phi) is 4.75. The summed E-state index contributed by atoms with van der Waals surface area (Å²) in [5, 5.41) is 10.0. The number of aliphatic hydroxyl groups excluding tert-OH is 1. The Morgan fingerprint density at radius 2 is 1.86 bits per heavy atom. The molecule has 1 aliphatic heterocycles. The van der Waals surface area contributed by atoms with Gasteiger partial charge in [0.1, 0.15) is 17.7 Å². The Labute approximate surface area is 129 Å². The number of rotatable bonds is 5. The number of piperazine rings is 1. The normalized spacial score (nSPS) is 17.6. The molecule has 1 unspecified atom stereocenters. The molecule has 0 aliphatic carbocycles. The minimum atomic E-state index is -0.556. The van der Waals surface area contributed by atoms with Crippen LogP contribution in [0.15, 0.2) is 47.1 Å². The van der Waals surface area contributed by atoms with Crippen molar-refractivity contribution in [3.63, 3.8) is 0 Å². The highest BCUT2D eigenvalue weighted by Gasteiger charge is 2.20. The zero-order valence-corrected chi connectivity index (χ0v) is 12.5. The number of halogens is 1. The van der Waals surface area contributed by atoms with E-state index in [9.17, 15) is 9.50 Å². The standard InChI is InChI=1S/C17H21FN2O2/c18-14-4-1-2-5-15(14)20-11-9-19(10-12-20)8-7-16(21)17-6-3-13-22-17/h1-6,13,16,21H,7-12H2. The van der Waals surface area contributed by atoms with Gasteiger partial charge in [0.2, 0.25) is 0 Å². The lowest BCUT2D eigenvalue weighted by Gasteiger charge is -2.36. The molecule has 0 amide bonds. The van der Waals surface area contributed by atoms with Gasteiger partial charge in [0, 0.05) is 32.7 Å². The number of anilines is 1. The van der Waals surface area contributed by atoms with Crippen molar-refractivity contribution in [1.29, 1.82) is 0 Å². The predicted octanol–water partition coefficient (Wildman–Crippen LogP) is 2.66. The van der Waals surface area contributed by atoms with E-state index in [-0.39, 0.29) is 5.82 Å². The van der Waals surface area contributed by atoms with Gasteiger partial charge in [-0.1, -0.05) is 12.1 Å². The van der Waals surface area contributed by atoms with Gasteiger partial charge < -0.3 is 14.4 Å². The van der Waals surface area contributed by atoms with Crippen LogP contribution in [-0.2, 0) is 0 Å². The molecule has 0 saturated carbocycles. The zero-order chi connectivity index (χ0) is 15.4. The number of furan rings is 1. The lowest BCUT2D eigenvalue weighted by atomic mass is 10.1. The van der Waals surface area contributed by atoms with Gasteiger partial charge in [-0.25, -0.2) is 4.39 Å². The van der Waals surface area contributed by atoms with Crippen molar-refractivity contribution in [2.24, 2.45) is 0 Å². The van der Waals surface area contributed by atoms with Crippen LogP contribution in [0.25, 0.3) is 0 Å². The van der Waals surface area contributed by atoms with Crippen molar-refractivity contribution >= 4 is 5.69 Å². The van der Waals surface area contributed by atoms with Gasteiger partial charge >= 0.3 is 0 Å². The molecule has 2 aromatic rings. The Balaban J connectivity index is 1.47. The summed E-state index contributed by atoms with van der Waals surface area (Å²) in [6.45, 7) is 4.17. The van der Waals surface area contributed by atoms with Crippen LogP contribution in [0.5, 0.6) is 0 Å². The van der Waals surface area contributed by atoms with Gasteiger partial charge in [-0.2, -0.15) is 0 Å². The Morgan fingerprint density at radius 1 is 1.09 bits per heavy atom. The lowest BCUT2D eigenvalue weighted by Crippen LogP contribution is -2.47. The van der Waals surface area contributed by atoms with Crippen LogP contribution in [0.2, 0.25) is 0 Å². The zero-order valence-electron chi connectivity index (χ0n) is 12.5. The highest BCUT2D eigenvalue weighted by Crippen LogP contribution is 2.21. The summed E-state index contributed by atoms with van der Waals surface area (Å²) < 4.78 is 19.0. The van der Waals surface area contributed by atoms with E-state index in [1.165, 1.54) is 6.07 Å². The van der Waals surface area contributed by atoms with Gasteiger partial charge in [0.25, 0.3) is 0 Å². The first-order valence-corrected chi connectivity index (χ1v) is 7.67. The van der Waals surface area contributed by atoms with E-state index in [2.05, 4.69) is 9.80 Å².